The number of ether oxygens (including phenoxy) is 1. The third kappa shape index (κ3) is 6.46. The fraction of sp³-hybridized carbons (Fsp3) is 0.385. The number of rotatable bonds is 6. The molecule has 1 aromatic carbocycles. The predicted molar refractivity (Wildman–Crippen MR) is 75.8 cm³/mol. The Morgan fingerprint density at radius 1 is 1.31 bits per heavy atom. The Hall–Kier alpha value is -0.120. The Morgan fingerprint density at radius 2 is 2.00 bits per heavy atom. The van der Waals surface area contributed by atoms with Crippen molar-refractivity contribution in [2.45, 2.75) is 20.0 Å². The van der Waals surface area contributed by atoms with Crippen LogP contribution in [0.1, 0.15) is 18.9 Å². The summed E-state index contributed by atoms with van der Waals surface area (Å²) in [5, 5.41) is 0. The van der Waals surface area contributed by atoms with Crippen LogP contribution in [0.15, 0.2) is 39.8 Å². The van der Waals surface area contributed by atoms with E-state index in [2.05, 4.69) is 57.0 Å². The van der Waals surface area contributed by atoms with Crippen molar-refractivity contribution in [1.82, 2.24) is 0 Å². The van der Waals surface area contributed by atoms with E-state index in [-0.39, 0.29) is 0 Å². The average Bonchev–Trinajstić information content (AvgIpc) is 2.25. The van der Waals surface area contributed by atoms with E-state index in [1.807, 2.05) is 18.2 Å². The van der Waals surface area contributed by atoms with E-state index >= 15 is 0 Å². The molecule has 0 aliphatic rings. The highest BCUT2D eigenvalue weighted by Gasteiger charge is 1.99. The van der Waals surface area contributed by atoms with Gasteiger partial charge in [-0.1, -0.05) is 43.3 Å². The molecular weight excluding hydrogens is 332 g/mol. The standard InChI is InChI=1S/C13H16Br2O/c1-11(9-13(14)15)7-8-16-10-12-5-3-2-4-6-12/h2-6,9,11H,7-8,10H2,1H3/t11-/m1/s1. The zero-order valence-electron chi connectivity index (χ0n) is 9.33. The second-order valence-electron chi connectivity index (χ2n) is 3.76. The molecule has 0 spiro atoms. The van der Waals surface area contributed by atoms with E-state index in [9.17, 15) is 0 Å². The van der Waals surface area contributed by atoms with Crippen LogP contribution in [-0.4, -0.2) is 6.61 Å². The quantitative estimate of drug-likeness (QED) is 0.667. The van der Waals surface area contributed by atoms with E-state index in [1.54, 1.807) is 0 Å². The van der Waals surface area contributed by atoms with Gasteiger partial charge >= 0.3 is 0 Å². The summed E-state index contributed by atoms with van der Waals surface area (Å²) in [6, 6.07) is 10.2. The molecule has 3 heteroatoms. The van der Waals surface area contributed by atoms with Crippen molar-refractivity contribution in [2.75, 3.05) is 6.61 Å². The van der Waals surface area contributed by atoms with Gasteiger partial charge < -0.3 is 4.74 Å². The summed E-state index contributed by atoms with van der Waals surface area (Å²) in [7, 11) is 0. The minimum atomic E-state index is 0.518. The van der Waals surface area contributed by atoms with Crippen molar-refractivity contribution < 1.29 is 4.74 Å². The number of hydrogen-bond donors (Lipinski definition) is 0. The molecule has 0 aliphatic carbocycles. The van der Waals surface area contributed by atoms with Crippen molar-refractivity contribution in [3.05, 3.63) is 45.4 Å². The van der Waals surface area contributed by atoms with Crippen LogP contribution in [-0.2, 0) is 11.3 Å². The third-order valence-electron chi connectivity index (χ3n) is 2.24. The molecule has 0 amide bonds. The second kappa shape index (κ2) is 8.04. The van der Waals surface area contributed by atoms with Crippen LogP contribution in [0.25, 0.3) is 0 Å². The minimum absolute atomic E-state index is 0.518. The highest BCUT2D eigenvalue weighted by Crippen LogP contribution is 2.18. The Bertz CT molecular complexity index is 318. The normalized spacial score (nSPS) is 12.2. The van der Waals surface area contributed by atoms with Gasteiger partial charge in [0, 0.05) is 6.61 Å². The summed E-state index contributed by atoms with van der Waals surface area (Å²) < 4.78 is 6.62. The van der Waals surface area contributed by atoms with Crippen LogP contribution in [0.4, 0.5) is 0 Å². The maximum absolute atomic E-state index is 5.61. The Kier molecular flexibility index (Phi) is 7.01. The van der Waals surface area contributed by atoms with Gasteiger partial charge in [0.1, 0.15) is 0 Å². The lowest BCUT2D eigenvalue weighted by Gasteiger charge is -2.07. The molecule has 1 nitrogen and oxygen atoms in total. The van der Waals surface area contributed by atoms with Crippen molar-refractivity contribution in [1.29, 1.82) is 0 Å². The number of benzene rings is 1. The number of allylic oxidation sites excluding steroid dienone is 1. The van der Waals surface area contributed by atoms with Crippen LogP contribution in [0.3, 0.4) is 0 Å². The maximum atomic E-state index is 5.61. The lowest BCUT2D eigenvalue weighted by Crippen LogP contribution is -2.00. The fourth-order valence-electron chi connectivity index (χ4n) is 1.33. The van der Waals surface area contributed by atoms with Gasteiger partial charge in [0.15, 0.2) is 0 Å². The van der Waals surface area contributed by atoms with Gasteiger partial charge in [0.05, 0.1) is 10.00 Å². The van der Waals surface area contributed by atoms with E-state index in [1.165, 1.54) is 5.56 Å². The summed E-state index contributed by atoms with van der Waals surface area (Å²) in [5.41, 5.74) is 1.23. The average molecular weight is 348 g/mol. The maximum Gasteiger partial charge on any atom is 0.0716 e. The molecule has 1 atom stereocenters. The number of halogens is 2. The van der Waals surface area contributed by atoms with Gasteiger partial charge in [0.2, 0.25) is 0 Å². The molecule has 16 heavy (non-hydrogen) atoms. The molecule has 0 aliphatic heterocycles. The second-order valence-corrected chi connectivity index (χ2v) is 6.53. The molecule has 0 saturated carbocycles. The lowest BCUT2D eigenvalue weighted by atomic mass is 10.1. The topological polar surface area (TPSA) is 9.23 Å². The van der Waals surface area contributed by atoms with Gasteiger partial charge in [-0.15, -0.1) is 0 Å². The monoisotopic (exact) mass is 346 g/mol. The Labute approximate surface area is 114 Å². The van der Waals surface area contributed by atoms with E-state index in [0.29, 0.717) is 12.5 Å². The van der Waals surface area contributed by atoms with Crippen molar-refractivity contribution in [3.63, 3.8) is 0 Å². The molecular formula is C13H16Br2O. The van der Waals surface area contributed by atoms with E-state index in [0.717, 1.165) is 16.4 Å². The van der Waals surface area contributed by atoms with Crippen LogP contribution < -0.4 is 0 Å². The Morgan fingerprint density at radius 3 is 2.62 bits per heavy atom. The van der Waals surface area contributed by atoms with Crippen LogP contribution >= 0.6 is 31.9 Å². The van der Waals surface area contributed by atoms with Crippen LogP contribution in [0, 0.1) is 5.92 Å². The molecule has 0 unspecified atom stereocenters. The Balaban J connectivity index is 2.15. The van der Waals surface area contributed by atoms with Crippen LogP contribution in [0.2, 0.25) is 0 Å². The van der Waals surface area contributed by atoms with Gasteiger partial charge in [0.25, 0.3) is 0 Å². The first-order valence-electron chi connectivity index (χ1n) is 5.33. The summed E-state index contributed by atoms with van der Waals surface area (Å²) >= 11 is 6.72. The largest absolute Gasteiger partial charge is 0.377 e. The summed E-state index contributed by atoms with van der Waals surface area (Å²) in [6.45, 7) is 3.67. The van der Waals surface area contributed by atoms with Crippen molar-refractivity contribution in [3.8, 4) is 0 Å². The van der Waals surface area contributed by atoms with Crippen molar-refractivity contribution in [2.24, 2.45) is 5.92 Å². The lowest BCUT2D eigenvalue weighted by molar-refractivity contribution is 0.113. The molecule has 0 aromatic heterocycles. The molecule has 0 bridgehead atoms. The zero-order valence-corrected chi connectivity index (χ0v) is 12.5. The first-order chi connectivity index (χ1) is 7.68. The predicted octanol–water partition coefficient (Wildman–Crippen LogP) is 4.86. The van der Waals surface area contributed by atoms with Crippen LogP contribution in [0.5, 0.6) is 0 Å². The summed E-state index contributed by atoms with van der Waals surface area (Å²) in [5.74, 6) is 0.518. The molecule has 88 valence electrons. The van der Waals surface area contributed by atoms with Crippen molar-refractivity contribution >= 4 is 31.9 Å². The zero-order chi connectivity index (χ0) is 11.8. The molecule has 0 fully saturated rings. The van der Waals surface area contributed by atoms with Gasteiger partial charge in [-0.3, -0.25) is 0 Å². The fourth-order valence-corrected chi connectivity index (χ4v) is 2.23. The minimum Gasteiger partial charge on any atom is -0.377 e. The summed E-state index contributed by atoms with van der Waals surface area (Å²) in [6.07, 6.45) is 3.17. The van der Waals surface area contributed by atoms with Gasteiger partial charge in [-0.25, -0.2) is 0 Å². The van der Waals surface area contributed by atoms with E-state index < -0.39 is 0 Å². The highest BCUT2D eigenvalue weighted by atomic mass is 79.9. The first-order valence-corrected chi connectivity index (χ1v) is 6.91. The summed E-state index contributed by atoms with van der Waals surface area (Å²) in [4.78, 5) is 0. The molecule has 0 radical (unpaired) electrons. The highest BCUT2D eigenvalue weighted by molar-refractivity contribution is 9.28. The number of hydrogen-bond acceptors (Lipinski definition) is 1. The molecule has 1 rings (SSSR count). The molecule has 1 aromatic rings. The van der Waals surface area contributed by atoms with Gasteiger partial charge in [-0.05, 0) is 49.8 Å². The smallest absolute Gasteiger partial charge is 0.0716 e. The first kappa shape index (κ1) is 13.9. The third-order valence-corrected chi connectivity index (χ3v) is 2.77. The van der Waals surface area contributed by atoms with Gasteiger partial charge in [-0.2, -0.15) is 0 Å². The van der Waals surface area contributed by atoms with E-state index in [4.69, 9.17) is 4.74 Å². The SMILES string of the molecule is C[C@@H](C=C(Br)Br)CCOCc1ccccc1. The molecule has 0 saturated heterocycles. The molecule has 0 N–H and O–H groups in total. The molecule has 0 heterocycles.